The Bertz CT molecular complexity index is 590. The second-order valence-corrected chi connectivity index (χ2v) is 6.61. The molecule has 1 atom stereocenters. The van der Waals surface area contributed by atoms with Crippen molar-refractivity contribution in [2.45, 2.75) is 59.6 Å². The van der Waals surface area contributed by atoms with E-state index < -0.39 is 11.7 Å². The van der Waals surface area contributed by atoms with Gasteiger partial charge >= 0.3 is 6.09 Å². The molecule has 0 aliphatic rings. The maximum absolute atomic E-state index is 12.0. The van der Waals surface area contributed by atoms with Crippen LogP contribution in [-0.2, 0) is 4.74 Å². The molecule has 1 rings (SSSR count). The third-order valence-corrected chi connectivity index (χ3v) is 3.17. The molecule has 23 heavy (non-hydrogen) atoms. The predicted octanol–water partition coefficient (Wildman–Crippen LogP) is 1.95. The molecule has 0 aromatic carbocycles. The van der Waals surface area contributed by atoms with E-state index in [1.54, 1.807) is 6.92 Å². The van der Waals surface area contributed by atoms with Gasteiger partial charge in [0, 0.05) is 18.3 Å². The Hall–Kier alpha value is -1.89. The molecule has 0 radical (unpaired) electrons. The molecular formula is C16H28N4O3. The van der Waals surface area contributed by atoms with E-state index in [9.17, 15) is 9.59 Å². The van der Waals surface area contributed by atoms with Crippen molar-refractivity contribution in [2.75, 3.05) is 13.1 Å². The van der Waals surface area contributed by atoms with Crippen LogP contribution in [0.2, 0.25) is 0 Å². The number of aryl methyl sites for hydroxylation is 2. The molecule has 0 bridgehead atoms. The average Bonchev–Trinajstić information content (AvgIpc) is 2.34. The van der Waals surface area contributed by atoms with Crippen LogP contribution >= 0.6 is 0 Å². The van der Waals surface area contributed by atoms with Gasteiger partial charge < -0.3 is 20.4 Å². The van der Waals surface area contributed by atoms with Gasteiger partial charge in [-0.3, -0.25) is 4.79 Å². The summed E-state index contributed by atoms with van der Waals surface area (Å²) in [5, 5.41) is 5.97. The zero-order valence-corrected chi connectivity index (χ0v) is 14.9. The lowest BCUT2D eigenvalue weighted by Crippen LogP contribution is -2.34. The van der Waals surface area contributed by atoms with Crippen LogP contribution in [0.25, 0.3) is 0 Å². The highest BCUT2D eigenvalue weighted by Gasteiger charge is 2.16. The number of amides is 1. The van der Waals surface area contributed by atoms with E-state index in [1.165, 1.54) is 0 Å². The minimum atomic E-state index is -0.492. The summed E-state index contributed by atoms with van der Waals surface area (Å²) in [5.74, 6) is 0.616. The molecule has 0 saturated heterocycles. The van der Waals surface area contributed by atoms with Gasteiger partial charge in [-0.15, -0.1) is 0 Å². The number of hydrogen-bond acceptors (Lipinski definition) is 5. The third-order valence-electron chi connectivity index (χ3n) is 3.17. The van der Waals surface area contributed by atoms with E-state index in [-0.39, 0.29) is 11.6 Å². The Kier molecular flexibility index (Phi) is 6.75. The summed E-state index contributed by atoms with van der Waals surface area (Å²) in [5.41, 5.74) is 0.782. The summed E-state index contributed by atoms with van der Waals surface area (Å²) in [4.78, 5) is 30.5. The number of aromatic amines is 1. The van der Waals surface area contributed by atoms with Gasteiger partial charge in [-0.05, 0) is 54.5 Å². The Morgan fingerprint density at radius 3 is 2.52 bits per heavy atom. The number of nitrogens with one attached hydrogen (secondary N) is 3. The summed E-state index contributed by atoms with van der Waals surface area (Å²) < 4.78 is 5.15. The largest absolute Gasteiger partial charge is 0.444 e. The van der Waals surface area contributed by atoms with Crippen molar-refractivity contribution in [3.05, 3.63) is 27.4 Å². The molecule has 0 aliphatic heterocycles. The third kappa shape index (κ3) is 6.81. The van der Waals surface area contributed by atoms with Crippen LogP contribution in [-0.4, -0.2) is 34.8 Å². The number of H-pyrrole nitrogens is 1. The molecular weight excluding hydrogens is 296 g/mol. The van der Waals surface area contributed by atoms with Crippen LogP contribution in [0.5, 0.6) is 0 Å². The summed E-state index contributed by atoms with van der Waals surface area (Å²) in [6.07, 6.45) is 0.320. The Morgan fingerprint density at radius 2 is 1.96 bits per heavy atom. The average molecular weight is 324 g/mol. The minimum absolute atomic E-state index is 0.103. The van der Waals surface area contributed by atoms with E-state index in [1.807, 2.05) is 34.6 Å². The highest BCUT2D eigenvalue weighted by Crippen LogP contribution is 2.10. The van der Waals surface area contributed by atoms with E-state index in [4.69, 9.17) is 4.74 Å². The Labute approximate surface area is 137 Å². The standard InChI is InChI=1S/C16H28N4O3/c1-10(13-11(2)19-12(3)20-14(13)21)17-8-7-9-18-15(22)23-16(4,5)6/h10,17H,7-9H2,1-6H3,(H,18,22)(H,19,20,21). The summed E-state index contributed by atoms with van der Waals surface area (Å²) >= 11 is 0. The van der Waals surface area contributed by atoms with E-state index >= 15 is 0 Å². The number of nitrogens with zero attached hydrogens (tertiary/aromatic N) is 1. The van der Waals surface area contributed by atoms with Gasteiger partial charge in [0.25, 0.3) is 5.56 Å². The van der Waals surface area contributed by atoms with Crippen LogP contribution in [0.4, 0.5) is 4.79 Å². The molecule has 7 heteroatoms. The van der Waals surface area contributed by atoms with Gasteiger partial charge in [-0.25, -0.2) is 9.78 Å². The predicted molar refractivity (Wildman–Crippen MR) is 89.6 cm³/mol. The first-order valence-corrected chi connectivity index (χ1v) is 7.88. The smallest absolute Gasteiger partial charge is 0.407 e. The Balaban J connectivity index is 2.37. The fraction of sp³-hybridized carbons (Fsp3) is 0.688. The number of carbonyl (C=O) groups excluding carboxylic acids is 1. The fourth-order valence-corrected chi connectivity index (χ4v) is 2.26. The molecule has 1 unspecified atom stereocenters. The van der Waals surface area contributed by atoms with Gasteiger partial charge in [0.15, 0.2) is 0 Å². The fourth-order valence-electron chi connectivity index (χ4n) is 2.26. The van der Waals surface area contributed by atoms with Crippen molar-refractivity contribution in [3.63, 3.8) is 0 Å². The van der Waals surface area contributed by atoms with Gasteiger partial charge in [0.2, 0.25) is 0 Å². The number of rotatable bonds is 6. The van der Waals surface area contributed by atoms with Crippen molar-refractivity contribution < 1.29 is 9.53 Å². The van der Waals surface area contributed by atoms with E-state index in [2.05, 4.69) is 20.6 Å². The van der Waals surface area contributed by atoms with Crippen molar-refractivity contribution in [1.82, 2.24) is 20.6 Å². The summed E-state index contributed by atoms with van der Waals surface area (Å²) in [6.45, 7) is 12.2. The molecule has 3 N–H and O–H groups in total. The number of hydrogen-bond donors (Lipinski definition) is 3. The number of aromatic nitrogens is 2. The first kappa shape index (κ1) is 19.2. The van der Waals surface area contributed by atoms with Crippen LogP contribution in [0.1, 0.15) is 57.2 Å². The normalized spacial score (nSPS) is 12.8. The highest BCUT2D eigenvalue weighted by molar-refractivity contribution is 5.67. The van der Waals surface area contributed by atoms with Crippen molar-refractivity contribution >= 4 is 6.09 Å². The maximum Gasteiger partial charge on any atom is 0.407 e. The van der Waals surface area contributed by atoms with Crippen molar-refractivity contribution in [2.24, 2.45) is 0 Å². The van der Waals surface area contributed by atoms with Crippen molar-refractivity contribution in [3.8, 4) is 0 Å². The molecule has 130 valence electrons. The van der Waals surface area contributed by atoms with Crippen LogP contribution in [0, 0.1) is 13.8 Å². The lowest BCUT2D eigenvalue weighted by atomic mass is 10.1. The molecule has 7 nitrogen and oxygen atoms in total. The van der Waals surface area contributed by atoms with Gasteiger partial charge in [0.05, 0.1) is 5.56 Å². The summed E-state index contributed by atoms with van der Waals surface area (Å²) in [7, 11) is 0. The van der Waals surface area contributed by atoms with Crippen LogP contribution in [0.3, 0.4) is 0 Å². The molecule has 1 amide bonds. The SMILES string of the molecule is Cc1nc(C)c(C(C)NCCCNC(=O)OC(C)(C)C)c(=O)[nH]1. The molecule has 0 fully saturated rings. The molecule has 1 heterocycles. The first-order valence-electron chi connectivity index (χ1n) is 7.88. The van der Waals surface area contributed by atoms with Crippen LogP contribution < -0.4 is 16.2 Å². The molecule has 0 spiro atoms. The lowest BCUT2D eigenvalue weighted by molar-refractivity contribution is 0.0527. The second-order valence-electron chi connectivity index (χ2n) is 6.61. The zero-order valence-electron chi connectivity index (χ0n) is 14.9. The van der Waals surface area contributed by atoms with E-state index in [0.29, 0.717) is 24.5 Å². The topological polar surface area (TPSA) is 96.1 Å². The Morgan fingerprint density at radius 1 is 1.30 bits per heavy atom. The monoisotopic (exact) mass is 324 g/mol. The quantitative estimate of drug-likeness (QED) is 0.695. The van der Waals surface area contributed by atoms with E-state index in [0.717, 1.165) is 12.1 Å². The second kappa shape index (κ2) is 8.10. The lowest BCUT2D eigenvalue weighted by Gasteiger charge is -2.20. The maximum atomic E-state index is 12.0. The molecule has 0 saturated carbocycles. The van der Waals surface area contributed by atoms with Gasteiger partial charge in [-0.1, -0.05) is 0 Å². The van der Waals surface area contributed by atoms with Gasteiger partial charge in [-0.2, -0.15) is 0 Å². The summed E-state index contributed by atoms with van der Waals surface area (Å²) in [6, 6.07) is -0.103. The zero-order chi connectivity index (χ0) is 17.6. The number of alkyl carbamates (subject to hydrolysis) is 1. The molecule has 0 aliphatic carbocycles. The first-order chi connectivity index (χ1) is 10.6. The molecule has 1 aromatic heterocycles. The number of ether oxygens (including phenoxy) is 1. The molecule has 1 aromatic rings. The van der Waals surface area contributed by atoms with Crippen molar-refractivity contribution in [1.29, 1.82) is 0 Å². The highest BCUT2D eigenvalue weighted by atomic mass is 16.6. The van der Waals surface area contributed by atoms with Crippen LogP contribution in [0.15, 0.2) is 4.79 Å². The number of carbonyl (C=O) groups is 1. The van der Waals surface area contributed by atoms with Gasteiger partial charge in [0.1, 0.15) is 11.4 Å². The minimum Gasteiger partial charge on any atom is -0.444 e.